The number of pyridine rings is 1. The van der Waals surface area contributed by atoms with Gasteiger partial charge in [0.05, 0.1) is 11.7 Å². The molecule has 1 aliphatic heterocycles. The van der Waals surface area contributed by atoms with Gasteiger partial charge in [0.2, 0.25) is 0 Å². The van der Waals surface area contributed by atoms with E-state index in [1.165, 1.54) is 0 Å². The number of likely N-dealkylation sites (tertiary alicyclic amines) is 1. The normalized spacial score (nSPS) is 32.1. The van der Waals surface area contributed by atoms with Crippen molar-refractivity contribution >= 4 is 5.91 Å². The van der Waals surface area contributed by atoms with E-state index in [4.69, 9.17) is 0 Å². The molecule has 1 saturated heterocycles. The van der Waals surface area contributed by atoms with Crippen LogP contribution in [0.25, 0.3) is 0 Å². The van der Waals surface area contributed by atoms with E-state index in [2.05, 4.69) is 4.98 Å². The third-order valence-electron chi connectivity index (χ3n) is 3.67. The molecule has 1 N–H and O–H groups in total. The summed E-state index contributed by atoms with van der Waals surface area (Å²) in [6.45, 7) is 0.694. The van der Waals surface area contributed by atoms with Crippen molar-refractivity contribution in [1.82, 2.24) is 9.88 Å². The molecule has 0 radical (unpaired) electrons. The van der Waals surface area contributed by atoms with Crippen molar-refractivity contribution in [1.29, 1.82) is 0 Å². The van der Waals surface area contributed by atoms with Crippen LogP contribution in [0.5, 0.6) is 0 Å². The van der Waals surface area contributed by atoms with Gasteiger partial charge < -0.3 is 10.0 Å². The first-order chi connectivity index (χ1) is 7.75. The second-order valence-corrected chi connectivity index (χ2v) is 4.65. The number of carbonyl (C=O) groups is 1. The van der Waals surface area contributed by atoms with E-state index < -0.39 is 0 Å². The maximum absolute atomic E-state index is 12.1. The summed E-state index contributed by atoms with van der Waals surface area (Å²) < 4.78 is 0. The molecule has 2 fully saturated rings. The molecule has 1 aromatic rings. The molecule has 1 saturated carbocycles. The lowest BCUT2D eigenvalue weighted by Gasteiger charge is -2.29. The molecular formula is C12H14N2O2. The summed E-state index contributed by atoms with van der Waals surface area (Å²) in [5, 5.41) is 9.64. The summed E-state index contributed by atoms with van der Waals surface area (Å²) in [5.74, 6) is 0.332. The zero-order valence-electron chi connectivity index (χ0n) is 8.91. The quantitative estimate of drug-likeness (QED) is 0.754. The zero-order valence-corrected chi connectivity index (χ0v) is 8.91. The van der Waals surface area contributed by atoms with E-state index in [-0.39, 0.29) is 24.0 Å². The second kappa shape index (κ2) is 3.56. The Bertz CT molecular complexity index is 405. The van der Waals surface area contributed by atoms with Gasteiger partial charge in [-0.25, -0.2) is 0 Å². The monoisotopic (exact) mass is 218 g/mol. The fraction of sp³-hybridized carbons (Fsp3) is 0.500. The number of piperidine rings is 1. The highest BCUT2D eigenvalue weighted by Crippen LogP contribution is 2.38. The Morgan fingerprint density at radius 1 is 1.50 bits per heavy atom. The molecule has 3 atom stereocenters. The van der Waals surface area contributed by atoms with Crippen LogP contribution in [0.15, 0.2) is 24.5 Å². The third kappa shape index (κ3) is 1.41. The predicted molar refractivity (Wildman–Crippen MR) is 57.8 cm³/mol. The van der Waals surface area contributed by atoms with E-state index in [0.717, 1.165) is 12.8 Å². The maximum Gasteiger partial charge on any atom is 0.255 e. The molecule has 0 unspecified atom stereocenters. The lowest BCUT2D eigenvalue weighted by Crippen LogP contribution is -2.41. The number of aliphatic hydroxyl groups excluding tert-OH is 1. The summed E-state index contributed by atoms with van der Waals surface area (Å²) in [6.07, 6.45) is 4.74. The number of hydrogen-bond donors (Lipinski definition) is 1. The lowest BCUT2D eigenvalue weighted by atomic mass is 10.1. The Labute approximate surface area is 93.9 Å². The fourth-order valence-corrected chi connectivity index (χ4v) is 2.83. The first-order valence-electron chi connectivity index (χ1n) is 5.65. The van der Waals surface area contributed by atoms with Crippen molar-refractivity contribution in [3.63, 3.8) is 0 Å². The van der Waals surface area contributed by atoms with Crippen LogP contribution in [0.1, 0.15) is 23.2 Å². The average molecular weight is 218 g/mol. The van der Waals surface area contributed by atoms with E-state index in [1.807, 2.05) is 4.90 Å². The van der Waals surface area contributed by atoms with Gasteiger partial charge in [-0.2, -0.15) is 0 Å². The number of nitrogens with zero attached hydrogens (tertiary/aromatic N) is 2. The summed E-state index contributed by atoms with van der Waals surface area (Å²) >= 11 is 0. The van der Waals surface area contributed by atoms with Gasteiger partial charge in [0, 0.05) is 30.9 Å². The van der Waals surface area contributed by atoms with Gasteiger partial charge in [0.1, 0.15) is 0 Å². The topological polar surface area (TPSA) is 53.4 Å². The molecular weight excluding hydrogens is 204 g/mol. The van der Waals surface area contributed by atoms with Gasteiger partial charge in [-0.3, -0.25) is 9.78 Å². The van der Waals surface area contributed by atoms with Gasteiger partial charge in [-0.15, -0.1) is 0 Å². The number of rotatable bonds is 1. The van der Waals surface area contributed by atoms with Crippen molar-refractivity contribution in [3.8, 4) is 0 Å². The second-order valence-electron chi connectivity index (χ2n) is 4.65. The van der Waals surface area contributed by atoms with Crippen LogP contribution in [-0.4, -0.2) is 39.6 Å². The highest BCUT2D eigenvalue weighted by molar-refractivity contribution is 5.94. The van der Waals surface area contributed by atoms with Crippen LogP contribution in [0.2, 0.25) is 0 Å². The minimum absolute atomic E-state index is 0.0486. The smallest absolute Gasteiger partial charge is 0.255 e. The van der Waals surface area contributed by atoms with Crippen LogP contribution in [-0.2, 0) is 0 Å². The van der Waals surface area contributed by atoms with Crippen molar-refractivity contribution < 1.29 is 9.90 Å². The van der Waals surface area contributed by atoms with E-state index in [0.29, 0.717) is 12.1 Å². The van der Waals surface area contributed by atoms with E-state index >= 15 is 0 Å². The molecule has 16 heavy (non-hydrogen) atoms. The molecule has 0 aromatic carbocycles. The molecule has 4 heteroatoms. The largest absolute Gasteiger partial charge is 0.393 e. The Kier molecular flexibility index (Phi) is 2.17. The van der Waals surface area contributed by atoms with Gasteiger partial charge in [0.25, 0.3) is 5.91 Å². The molecule has 1 aliphatic carbocycles. The first-order valence-corrected chi connectivity index (χ1v) is 5.65. The standard InChI is InChI=1S/C12H14N2O2/c15-11-5-10-4-9(11)7-14(10)12(16)8-2-1-3-13-6-8/h1-3,6,9-11,15H,4-5,7H2/t9-,10-,11-/m0/s1. The van der Waals surface area contributed by atoms with Gasteiger partial charge in [0.15, 0.2) is 0 Å². The van der Waals surface area contributed by atoms with Crippen LogP contribution < -0.4 is 0 Å². The molecule has 2 bridgehead atoms. The number of fused-ring (bicyclic) bond motifs is 2. The fourth-order valence-electron chi connectivity index (χ4n) is 2.83. The van der Waals surface area contributed by atoms with Gasteiger partial charge in [-0.05, 0) is 25.0 Å². The number of aliphatic hydroxyl groups is 1. The minimum Gasteiger partial charge on any atom is -0.393 e. The number of carbonyl (C=O) groups excluding carboxylic acids is 1. The molecule has 1 aromatic heterocycles. The summed E-state index contributed by atoms with van der Waals surface area (Å²) in [5.41, 5.74) is 0.643. The molecule has 2 heterocycles. The van der Waals surface area contributed by atoms with Crippen molar-refractivity contribution in [2.24, 2.45) is 5.92 Å². The third-order valence-corrected chi connectivity index (χ3v) is 3.67. The van der Waals surface area contributed by atoms with Gasteiger partial charge in [-0.1, -0.05) is 0 Å². The molecule has 1 amide bonds. The van der Waals surface area contributed by atoms with Crippen LogP contribution in [0.3, 0.4) is 0 Å². The lowest BCUT2D eigenvalue weighted by molar-refractivity contribution is 0.0516. The van der Waals surface area contributed by atoms with Gasteiger partial charge >= 0.3 is 0 Å². The Morgan fingerprint density at radius 3 is 2.94 bits per heavy atom. The van der Waals surface area contributed by atoms with Crippen LogP contribution in [0.4, 0.5) is 0 Å². The average Bonchev–Trinajstić information content (AvgIpc) is 2.88. The SMILES string of the molecule is O=C(c1cccnc1)N1C[C@@H]2C[C@H]1C[C@@H]2O. The van der Waals surface area contributed by atoms with Crippen molar-refractivity contribution in [2.75, 3.05) is 6.54 Å². The predicted octanol–water partition coefficient (Wildman–Crippen LogP) is 0.677. The Hall–Kier alpha value is -1.42. The number of hydrogen-bond acceptors (Lipinski definition) is 3. The number of aromatic nitrogens is 1. The van der Waals surface area contributed by atoms with Crippen LogP contribution in [0, 0.1) is 5.92 Å². The van der Waals surface area contributed by atoms with E-state index in [9.17, 15) is 9.90 Å². The molecule has 84 valence electrons. The molecule has 0 spiro atoms. The summed E-state index contributed by atoms with van der Waals surface area (Å²) in [4.78, 5) is 18.0. The number of amides is 1. The first kappa shape index (κ1) is 9.78. The maximum atomic E-state index is 12.1. The van der Waals surface area contributed by atoms with Crippen LogP contribution >= 0.6 is 0 Å². The summed E-state index contributed by atoms with van der Waals surface area (Å²) in [6, 6.07) is 3.79. The minimum atomic E-state index is -0.206. The molecule has 3 rings (SSSR count). The Morgan fingerprint density at radius 2 is 2.38 bits per heavy atom. The van der Waals surface area contributed by atoms with Crippen molar-refractivity contribution in [3.05, 3.63) is 30.1 Å². The Balaban J connectivity index is 1.79. The molecule has 4 nitrogen and oxygen atoms in total. The molecule has 2 aliphatic rings. The highest BCUT2D eigenvalue weighted by atomic mass is 16.3. The van der Waals surface area contributed by atoms with E-state index in [1.54, 1.807) is 24.5 Å². The highest BCUT2D eigenvalue weighted by Gasteiger charge is 2.45. The zero-order chi connectivity index (χ0) is 11.1. The van der Waals surface area contributed by atoms with Crippen molar-refractivity contribution in [2.45, 2.75) is 25.0 Å². The summed E-state index contributed by atoms with van der Waals surface area (Å²) in [7, 11) is 0.